The largest absolute Gasteiger partial charge is 0.0875 e. The van der Waals surface area contributed by atoms with Crippen molar-refractivity contribution in [3.63, 3.8) is 0 Å². The summed E-state index contributed by atoms with van der Waals surface area (Å²) in [6.07, 6.45) is 3.52. The number of alkyl halides is 2. The molecule has 0 nitrogen and oxygen atoms in total. The molecule has 1 aliphatic rings. The van der Waals surface area contributed by atoms with Crippen molar-refractivity contribution in [1.82, 2.24) is 0 Å². The van der Waals surface area contributed by atoms with Crippen LogP contribution in [0, 0.1) is 5.92 Å². The van der Waals surface area contributed by atoms with Gasteiger partial charge in [0.1, 0.15) is 0 Å². The van der Waals surface area contributed by atoms with Crippen LogP contribution in [0.5, 0.6) is 0 Å². The van der Waals surface area contributed by atoms with Crippen LogP contribution in [0.25, 0.3) is 0 Å². The predicted molar refractivity (Wildman–Crippen MR) is 48.1 cm³/mol. The Kier molecular flexibility index (Phi) is 2.07. The van der Waals surface area contributed by atoms with Gasteiger partial charge < -0.3 is 0 Å². The summed E-state index contributed by atoms with van der Waals surface area (Å²) >= 11 is 7.11. The van der Waals surface area contributed by atoms with E-state index in [2.05, 4.69) is 51.8 Å². The van der Waals surface area contributed by atoms with E-state index in [0.717, 1.165) is 0 Å². The van der Waals surface area contributed by atoms with Crippen LogP contribution < -0.4 is 0 Å². The van der Waals surface area contributed by atoms with Gasteiger partial charge in [0.2, 0.25) is 0 Å². The second kappa shape index (κ2) is 2.39. The van der Waals surface area contributed by atoms with Gasteiger partial charge in [-0.25, -0.2) is 0 Å². The third-order valence-electron chi connectivity index (χ3n) is 1.41. The fourth-order valence-corrected chi connectivity index (χ4v) is 1.78. The molecule has 1 saturated carbocycles. The Labute approximate surface area is 73.0 Å². The van der Waals surface area contributed by atoms with Gasteiger partial charge in [-0.05, 0) is 20.3 Å². The molecule has 2 heteroatoms. The highest BCUT2D eigenvalue weighted by atomic mass is 79.9. The molecule has 52 valence electrons. The van der Waals surface area contributed by atoms with E-state index in [1.807, 2.05) is 0 Å². The molecule has 1 rings (SSSR count). The highest BCUT2D eigenvalue weighted by Crippen LogP contribution is 2.57. The molecule has 1 unspecified atom stereocenters. The predicted octanol–water partition coefficient (Wildman–Crippen LogP) is 3.46. The summed E-state index contributed by atoms with van der Waals surface area (Å²) in [6, 6.07) is 0. The van der Waals surface area contributed by atoms with Gasteiger partial charge in [-0.15, -0.1) is 0 Å². The van der Waals surface area contributed by atoms with Crippen LogP contribution >= 0.6 is 31.9 Å². The number of hydrogen-bond acceptors (Lipinski definition) is 0. The average Bonchev–Trinajstić information content (AvgIpc) is 2.10. The summed E-state index contributed by atoms with van der Waals surface area (Å²) in [5, 5.41) is 0. The second-order valence-corrected chi connectivity index (χ2v) is 6.71. The van der Waals surface area contributed by atoms with Gasteiger partial charge in [-0.3, -0.25) is 0 Å². The monoisotopic (exact) mass is 252 g/mol. The molecule has 1 atom stereocenters. The zero-order valence-electron chi connectivity index (χ0n) is 5.62. The molecule has 1 aliphatic carbocycles. The summed E-state index contributed by atoms with van der Waals surface area (Å²) in [4.78, 5) is 0. The topological polar surface area (TPSA) is 0 Å². The third kappa shape index (κ3) is 2.08. The normalized spacial score (nSPS) is 29.6. The number of allylic oxidation sites excluding steroid dienone is 2. The second-order valence-electron chi connectivity index (χ2n) is 2.82. The van der Waals surface area contributed by atoms with Crippen LogP contribution in [0.1, 0.15) is 20.3 Å². The Morgan fingerprint density at radius 1 is 1.56 bits per heavy atom. The maximum Gasteiger partial charge on any atom is 0.0875 e. The molecule has 9 heavy (non-hydrogen) atoms. The Morgan fingerprint density at radius 3 is 2.11 bits per heavy atom. The lowest BCUT2D eigenvalue weighted by Gasteiger charge is -1.92. The zero-order chi connectivity index (χ0) is 7.07. The summed E-state index contributed by atoms with van der Waals surface area (Å²) in [5.74, 6) is 0.711. The summed E-state index contributed by atoms with van der Waals surface area (Å²) in [6.45, 7) is 4.27. The number of rotatable bonds is 1. The van der Waals surface area contributed by atoms with Crippen molar-refractivity contribution in [1.29, 1.82) is 0 Å². The fraction of sp³-hybridized carbons (Fsp3) is 0.714. The first-order valence-corrected chi connectivity index (χ1v) is 4.64. The van der Waals surface area contributed by atoms with E-state index >= 15 is 0 Å². The molecule has 0 aliphatic heterocycles. The quantitative estimate of drug-likeness (QED) is 0.496. The zero-order valence-corrected chi connectivity index (χ0v) is 8.79. The van der Waals surface area contributed by atoms with E-state index in [0.29, 0.717) is 5.92 Å². The van der Waals surface area contributed by atoms with Gasteiger partial charge >= 0.3 is 0 Å². The first-order valence-electron chi connectivity index (χ1n) is 3.05. The summed E-state index contributed by atoms with van der Waals surface area (Å²) in [7, 11) is 0. The molecule has 0 N–H and O–H groups in total. The van der Waals surface area contributed by atoms with E-state index in [1.165, 1.54) is 12.0 Å². The minimum atomic E-state index is 0.247. The van der Waals surface area contributed by atoms with Gasteiger partial charge in [0.25, 0.3) is 0 Å². The minimum Gasteiger partial charge on any atom is -0.0804 e. The third-order valence-corrected chi connectivity index (χ3v) is 3.23. The number of halogens is 2. The molecule has 0 amide bonds. The lowest BCUT2D eigenvalue weighted by Crippen LogP contribution is -1.83. The summed E-state index contributed by atoms with van der Waals surface area (Å²) < 4.78 is 0.247. The van der Waals surface area contributed by atoms with Crippen molar-refractivity contribution in [3.8, 4) is 0 Å². The smallest absolute Gasteiger partial charge is 0.0804 e. The lowest BCUT2D eigenvalue weighted by atomic mass is 10.2. The number of hydrogen-bond donors (Lipinski definition) is 0. The SMILES string of the molecule is CC(C)=CC1CC1(Br)Br. The molecule has 0 aromatic heterocycles. The molecule has 0 aromatic carbocycles. The molecule has 0 spiro atoms. The van der Waals surface area contributed by atoms with E-state index < -0.39 is 0 Å². The van der Waals surface area contributed by atoms with Crippen LogP contribution in [0.4, 0.5) is 0 Å². The molecule has 0 radical (unpaired) electrons. The highest BCUT2D eigenvalue weighted by molar-refractivity contribution is 9.25. The Morgan fingerprint density at radius 2 is 2.00 bits per heavy atom. The molecule has 0 saturated heterocycles. The standard InChI is InChI=1S/C7H10Br2/c1-5(2)3-6-4-7(6,8)9/h3,6H,4H2,1-2H3. The fourth-order valence-electron chi connectivity index (χ4n) is 0.817. The van der Waals surface area contributed by atoms with Crippen LogP contribution in [-0.4, -0.2) is 3.23 Å². The van der Waals surface area contributed by atoms with Crippen molar-refractivity contribution >= 4 is 31.9 Å². The minimum absolute atomic E-state index is 0.247. The van der Waals surface area contributed by atoms with Gasteiger partial charge in [-0.2, -0.15) is 0 Å². The molecular weight excluding hydrogens is 244 g/mol. The van der Waals surface area contributed by atoms with Crippen molar-refractivity contribution in [2.24, 2.45) is 5.92 Å². The lowest BCUT2D eigenvalue weighted by molar-refractivity contribution is 1.09. The Bertz CT molecular complexity index is 143. The maximum atomic E-state index is 3.55. The molecule has 0 bridgehead atoms. The molecule has 0 heterocycles. The van der Waals surface area contributed by atoms with Gasteiger partial charge in [0, 0.05) is 5.92 Å². The molecule has 0 aromatic rings. The van der Waals surface area contributed by atoms with E-state index in [-0.39, 0.29) is 3.23 Å². The first kappa shape index (κ1) is 7.80. The van der Waals surface area contributed by atoms with Crippen molar-refractivity contribution in [2.45, 2.75) is 23.5 Å². The van der Waals surface area contributed by atoms with Crippen molar-refractivity contribution in [2.75, 3.05) is 0 Å². The van der Waals surface area contributed by atoms with Crippen molar-refractivity contribution in [3.05, 3.63) is 11.6 Å². The van der Waals surface area contributed by atoms with Crippen LogP contribution in [0.2, 0.25) is 0 Å². The van der Waals surface area contributed by atoms with Gasteiger partial charge in [-0.1, -0.05) is 43.5 Å². The van der Waals surface area contributed by atoms with Gasteiger partial charge in [0.05, 0.1) is 3.23 Å². The van der Waals surface area contributed by atoms with Crippen LogP contribution in [-0.2, 0) is 0 Å². The summed E-state index contributed by atoms with van der Waals surface area (Å²) in [5.41, 5.74) is 1.40. The van der Waals surface area contributed by atoms with Crippen molar-refractivity contribution < 1.29 is 0 Å². The highest BCUT2D eigenvalue weighted by Gasteiger charge is 2.48. The average molecular weight is 254 g/mol. The van der Waals surface area contributed by atoms with E-state index in [4.69, 9.17) is 0 Å². The maximum absolute atomic E-state index is 3.55. The Hall–Kier alpha value is 0.700. The first-order chi connectivity index (χ1) is 4.02. The molecule has 1 fully saturated rings. The van der Waals surface area contributed by atoms with Crippen LogP contribution in [0.3, 0.4) is 0 Å². The van der Waals surface area contributed by atoms with Gasteiger partial charge in [0.15, 0.2) is 0 Å². The van der Waals surface area contributed by atoms with E-state index in [1.54, 1.807) is 0 Å². The Balaban J connectivity index is 2.45. The van der Waals surface area contributed by atoms with E-state index in [9.17, 15) is 0 Å². The molecular formula is C7H10Br2. The van der Waals surface area contributed by atoms with Crippen LogP contribution in [0.15, 0.2) is 11.6 Å².